The van der Waals surface area contributed by atoms with Crippen LogP contribution in [0.1, 0.15) is 34.7 Å². The van der Waals surface area contributed by atoms with Crippen LogP contribution in [0, 0.1) is 0 Å². The average molecular weight is 462 g/mol. The summed E-state index contributed by atoms with van der Waals surface area (Å²) in [5.41, 5.74) is 4.29. The quantitative estimate of drug-likeness (QED) is 0.481. The molecule has 1 aliphatic heterocycles. The fourth-order valence-electron chi connectivity index (χ4n) is 4.64. The lowest BCUT2D eigenvalue weighted by Crippen LogP contribution is -2.40. The van der Waals surface area contributed by atoms with Crippen molar-refractivity contribution in [3.63, 3.8) is 0 Å². The molecule has 0 aliphatic carbocycles. The van der Waals surface area contributed by atoms with E-state index < -0.39 is 0 Å². The monoisotopic (exact) mass is 461 g/mol. The molecule has 6 heteroatoms. The normalized spacial score (nSPS) is 14.8. The van der Waals surface area contributed by atoms with Gasteiger partial charge in [0, 0.05) is 13.0 Å². The number of hydrogen-bond donors (Lipinski definition) is 0. The van der Waals surface area contributed by atoms with Gasteiger partial charge in [0.15, 0.2) is 23.0 Å². The minimum absolute atomic E-state index is 0.115. The van der Waals surface area contributed by atoms with Crippen molar-refractivity contribution in [2.45, 2.75) is 25.3 Å². The number of fused-ring (bicyclic) bond motifs is 1. The molecule has 0 N–H and O–H groups in total. The van der Waals surface area contributed by atoms with E-state index in [2.05, 4.69) is 12.1 Å². The summed E-state index contributed by atoms with van der Waals surface area (Å²) in [6.07, 6.45) is 1.89. The van der Waals surface area contributed by atoms with Crippen LogP contribution in [0.2, 0.25) is 0 Å². The van der Waals surface area contributed by atoms with Gasteiger partial charge >= 0.3 is 0 Å². The van der Waals surface area contributed by atoms with Crippen molar-refractivity contribution in [2.75, 3.05) is 35.0 Å². The van der Waals surface area contributed by atoms with E-state index in [0.717, 1.165) is 28.7 Å². The van der Waals surface area contributed by atoms with Crippen LogP contribution < -0.4 is 18.9 Å². The summed E-state index contributed by atoms with van der Waals surface area (Å²) in [7, 11) is 6.50. The molecule has 0 radical (unpaired) electrons. The second-order valence-corrected chi connectivity index (χ2v) is 8.25. The molecule has 1 aliphatic rings. The summed E-state index contributed by atoms with van der Waals surface area (Å²) in [5, 5.41) is 0. The van der Waals surface area contributed by atoms with Crippen LogP contribution in [0.5, 0.6) is 23.0 Å². The zero-order valence-electron chi connectivity index (χ0n) is 20.2. The van der Waals surface area contributed by atoms with Gasteiger partial charge in [-0.15, -0.1) is 0 Å². The summed E-state index contributed by atoms with van der Waals surface area (Å²) in [5.74, 6) is 2.73. The Bertz CT molecular complexity index is 1150. The molecule has 3 aromatic carbocycles. The highest BCUT2D eigenvalue weighted by Crippen LogP contribution is 2.43. The summed E-state index contributed by atoms with van der Waals surface area (Å²) >= 11 is 0. The number of amides is 1. The molecular weight excluding hydrogens is 430 g/mol. The minimum Gasteiger partial charge on any atom is -0.493 e. The van der Waals surface area contributed by atoms with Crippen LogP contribution in [0.15, 0.2) is 60.7 Å². The van der Waals surface area contributed by atoms with Gasteiger partial charge in [-0.1, -0.05) is 36.4 Å². The molecule has 3 aromatic rings. The highest BCUT2D eigenvalue weighted by atomic mass is 16.5. The highest BCUT2D eigenvalue weighted by molar-refractivity contribution is 5.78. The summed E-state index contributed by atoms with van der Waals surface area (Å²) < 4.78 is 22.1. The molecule has 34 heavy (non-hydrogen) atoms. The molecule has 0 bridgehead atoms. The van der Waals surface area contributed by atoms with Gasteiger partial charge in [-0.05, 0) is 59.4 Å². The molecule has 1 heterocycles. The maximum atomic E-state index is 13.5. The molecular formula is C28H31NO5. The molecule has 4 rings (SSSR count). The van der Waals surface area contributed by atoms with E-state index in [9.17, 15) is 4.79 Å². The Balaban J connectivity index is 1.75. The fourth-order valence-corrected chi connectivity index (χ4v) is 4.64. The summed E-state index contributed by atoms with van der Waals surface area (Å²) in [4.78, 5) is 15.5. The van der Waals surface area contributed by atoms with Gasteiger partial charge in [0.05, 0.1) is 34.5 Å². The topological polar surface area (TPSA) is 57.2 Å². The maximum Gasteiger partial charge on any atom is 0.223 e. The van der Waals surface area contributed by atoms with Crippen LogP contribution in [-0.4, -0.2) is 45.8 Å². The lowest BCUT2D eigenvalue weighted by Gasteiger charge is -2.38. The standard InChI is InChI=1S/C28H31NO5/c1-31-23-12-11-21(17-24(23)32-2)28-22-18-26(34-4)25(33-3)16-20(22)14-15-29(28)27(30)13-10-19-8-6-5-7-9-19/h5-9,11-12,16-18,28H,10,13-15H2,1-4H3/t28-/m0/s1. The van der Waals surface area contributed by atoms with E-state index in [-0.39, 0.29) is 11.9 Å². The van der Waals surface area contributed by atoms with Crippen molar-refractivity contribution < 1.29 is 23.7 Å². The van der Waals surface area contributed by atoms with Crippen molar-refractivity contribution >= 4 is 5.91 Å². The molecule has 0 fully saturated rings. The molecule has 178 valence electrons. The third-order valence-electron chi connectivity index (χ3n) is 6.39. The minimum atomic E-state index is -0.272. The van der Waals surface area contributed by atoms with E-state index in [1.54, 1.807) is 28.4 Å². The number of ether oxygens (including phenoxy) is 4. The van der Waals surface area contributed by atoms with Crippen LogP contribution in [-0.2, 0) is 17.6 Å². The van der Waals surface area contributed by atoms with Gasteiger partial charge in [0.2, 0.25) is 5.91 Å². The molecule has 0 unspecified atom stereocenters. The number of rotatable bonds is 8. The first-order valence-electron chi connectivity index (χ1n) is 11.4. The first-order chi connectivity index (χ1) is 16.6. The van der Waals surface area contributed by atoms with E-state index >= 15 is 0 Å². The number of carbonyl (C=O) groups excluding carboxylic acids is 1. The molecule has 0 saturated heterocycles. The van der Waals surface area contributed by atoms with E-state index in [4.69, 9.17) is 18.9 Å². The second kappa shape index (κ2) is 10.5. The Labute approximate surface area is 201 Å². The average Bonchev–Trinajstić information content (AvgIpc) is 2.90. The number of carbonyl (C=O) groups is 1. The maximum absolute atomic E-state index is 13.5. The molecule has 0 saturated carbocycles. The van der Waals surface area contributed by atoms with Gasteiger partial charge in [0.25, 0.3) is 0 Å². The van der Waals surface area contributed by atoms with E-state index in [1.807, 2.05) is 53.4 Å². The van der Waals surface area contributed by atoms with Crippen LogP contribution in [0.25, 0.3) is 0 Å². The largest absolute Gasteiger partial charge is 0.493 e. The van der Waals surface area contributed by atoms with Gasteiger partial charge in [0.1, 0.15) is 0 Å². The SMILES string of the molecule is COc1ccc([C@H]2c3cc(OC)c(OC)cc3CCN2C(=O)CCc2ccccc2)cc1OC. The van der Waals surface area contributed by atoms with Gasteiger partial charge in [-0.25, -0.2) is 0 Å². The zero-order valence-corrected chi connectivity index (χ0v) is 20.2. The highest BCUT2D eigenvalue weighted by Gasteiger charge is 2.33. The fraction of sp³-hybridized carbons (Fsp3) is 0.321. The smallest absolute Gasteiger partial charge is 0.223 e. The van der Waals surface area contributed by atoms with Crippen molar-refractivity contribution in [1.82, 2.24) is 4.90 Å². The Hall–Kier alpha value is -3.67. The Morgan fingerprint density at radius 1 is 0.824 bits per heavy atom. The van der Waals surface area contributed by atoms with Crippen LogP contribution in [0.4, 0.5) is 0 Å². The molecule has 0 spiro atoms. The zero-order chi connectivity index (χ0) is 24.1. The Morgan fingerprint density at radius 3 is 2.15 bits per heavy atom. The number of methoxy groups -OCH3 is 4. The number of benzene rings is 3. The van der Waals surface area contributed by atoms with Crippen LogP contribution in [0.3, 0.4) is 0 Å². The lowest BCUT2D eigenvalue weighted by molar-refractivity contribution is -0.133. The molecule has 0 aromatic heterocycles. The summed E-state index contributed by atoms with van der Waals surface area (Å²) in [6.45, 7) is 0.620. The van der Waals surface area contributed by atoms with Crippen molar-refractivity contribution in [2.24, 2.45) is 0 Å². The van der Waals surface area contributed by atoms with Crippen molar-refractivity contribution in [1.29, 1.82) is 0 Å². The van der Waals surface area contributed by atoms with Gasteiger partial charge < -0.3 is 23.8 Å². The molecule has 6 nitrogen and oxygen atoms in total. The number of nitrogens with zero attached hydrogens (tertiary/aromatic N) is 1. The van der Waals surface area contributed by atoms with Gasteiger partial charge in [-0.2, -0.15) is 0 Å². The third-order valence-corrected chi connectivity index (χ3v) is 6.39. The second-order valence-electron chi connectivity index (χ2n) is 8.25. The molecule has 1 amide bonds. The Kier molecular flexibility index (Phi) is 7.26. The van der Waals surface area contributed by atoms with E-state index in [0.29, 0.717) is 42.4 Å². The number of hydrogen-bond acceptors (Lipinski definition) is 5. The summed E-state index contributed by atoms with van der Waals surface area (Å²) in [6, 6.07) is 19.7. The predicted molar refractivity (Wildman–Crippen MR) is 131 cm³/mol. The molecule has 1 atom stereocenters. The third kappa shape index (κ3) is 4.67. The van der Waals surface area contributed by atoms with Crippen molar-refractivity contribution in [3.8, 4) is 23.0 Å². The van der Waals surface area contributed by atoms with Crippen molar-refractivity contribution in [3.05, 3.63) is 82.9 Å². The van der Waals surface area contributed by atoms with Crippen LogP contribution >= 0.6 is 0 Å². The predicted octanol–water partition coefficient (Wildman–Crippen LogP) is 4.83. The first kappa shape index (κ1) is 23.5. The van der Waals surface area contributed by atoms with E-state index in [1.165, 1.54) is 0 Å². The lowest BCUT2D eigenvalue weighted by atomic mass is 9.87. The first-order valence-corrected chi connectivity index (χ1v) is 11.4. The van der Waals surface area contributed by atoms with Gasteiger partial charge in [-0.3, -0.25) is 4.79 Å². The number of aryl methyl sites for hydroxylation is 1. The Morgan fingerprint density at radius 2 is 1.47 bits per heavy atom.